The van der Waals surface area contributed by atoms with Gasteiger partial charge in [0.25, 0.3) is 0 Å². The molecule has 1 saturated heterocycles. The number of hydrogen-bond donors (Lipinski definition) is 1. The number of ether oxygens (including phenoxy) is 3. The molecule has 2 unspecified atom stereocenters. The zero-order valence-electron chi connectivity index (χ0n) is 15.2. The van der Waals surface area contributed by atoms with Gasteiger partial charge in [-0.15, -0.1) is 0 Å². The Hall–Kier alpha value is -1.61. The lowest BCUT2D eigenvalue weighted by Gasteiger charge is -2.24. The molecule has 1 aliphatic heterocycles. The van der Waals surface area contributed by atoms with Crippen LogP contribution in [0.1, 0.15) is 46.5 Å². The highest BCUT2D eigenvalue weighted by atomic mass is 19.4. The molecule has 1 fully saturated rings. The number of nitrogens with one attached hydrogen (secondary N) is 1. The van der Waals surface area contributed by atoms with Crippen LogP contribution in [0.15, 0.2) is 12.2 Å². The van der Waals surface area contributed by atoms with Crippen molar-refractivity contribution in [1.29, 1.82) is 0 Å². The Morgan fingerprint density at radius 1 is 1.23 bits per heavy atom. The van der Waals surface area contributed by atoms with Gasteiger partial charge in [0.05, 0.1) is 6.61 Å². The van der Waals surface area contributed by atoms with Crippen LogP contribution in [-0.4, -0.2) is 49.2 Å². The highest BCUT2D eigenvalue weighted by Gasteiger charge is 2.41. The predicted molar refractivity (Wildman–Crippen MR) is 87.1 cm³/mol. The van der Waals surface area contributed by atoms with E-state index in [0.717, 1.165) is 19.3 Å². The third-order valence-corrected chi connectivity index (χ3v) is 3.31. The summed E-state index contributed by atoms with van der Waals surface area (Å²) in [6.07, 6.45) is 0.306. The van der Waals surface area contributed by atoms with Crippen LogP contribution in [0, 0.1) is 0 Å². The van der Waals surface area contributed by atoms with Crippen molar-refractivity contribution in [2.24, 2.45) is 0 Å². The molecule has 0 aromatic carbocycles. The van der Waals surface area contributed by atoms with E-state index in [9.17, 15) is 22.8 Å². The summed E-state index contributed by atoms with van der Waals surface area (Å²) in [4.78, 5) is 23.2. The van der Waals surface area contributed by atoms with Crippen LogP contribution in [-0.2, 0) is 23.8 Å². The van der Waals surface area contributed by atoms with Crippen LogP contribution in [0.2, 0.25) is 0 Å². The maximum Gasteiger partial charge on any atom is 0.471 e. The molecule has 0 bridgehead atoms. The average Bonchev–Trinajstić information content (AvgIpc) is 2.51. The van der Waals surface area contributed by atoms with Crippen LogP contribution in [0.3, 0.4) is 0 Å². The highest BCUT2D eigenvalue weighted by Crippen LogP contribution is 2.17. The number of carbonyl (C=O) groups is 2. The van der Waals surface area contributed by atoms with Gasteiger partial charge in [0.1, 0.15) is 11.6 Å². The fourth-order valence-electron chi connectivity index (χ4n) is 2.13. The van der Waals surface area contributed by atoms with E-state index >= 15 is 0 Å². The van der Waals surface area contributed by atoms with Crippen molar-refractivity contribution < 1.29 is 37.0 Å². The smallest absolute Gasteiger partial charge is 0.458 e. The zero-order chi connectivity index (χ0) is 19.8. The molecule has 0 aromatic heterocycles. The molecule has 0 aromatic rings. The molecule has 0 spiro atoms. The number of rotatable bonds is 7. The molecule has 0 aliphatic carbocycles. The van der Waals surface area contributed by atoms with Gasteiger partial charge in [-0.05, 0) is 46.5 Å². The first-order valence-corrected chi connectivity index (χ1v) is 8.48. The van der Waals surface area contributed by atoms with Crippen LogP contribution >= 0.6 is 0 Å². The minimum absolute atomic E-state index is 0.147. The van der Waals surface area contributed by atoms with Crippen LogP contribution in [0.25, 0.3) is 0 Å². The quantitative estimate of drug-likeness (QED) is 0.542. The summed E-state index contributed by atoms with van der Waals surface area (Å²) < 4.78 is 53.2. The number of amides is 1. The minimum Gasteiger partial charge on any atom is -0.458 e. The van der Waals surface area contributed by atoms with Crippen LogP contribution in [0.5, 0.6) is 0 Å². The third kappa shape index (κ3) is 9.19. The summed E-state index contributed by atoms with van der Waals surface area (Å²) >= 11 is 0. The van der Waals surface area contributed by atoms with Crippen molar-refractivity contribution in [3.8, 4) is 0 Å². The van der Waals surface area contributed by atoms with Gasteiger partial charge in [0.2, 0.25) is 0 Å². The van der Waals surface area contributed by atoms with Gasteiger partial charge < -0.3 is 19.5 Å². The summed E-state index contributed by atoms with van der Waals surface area (Å²) in [7, 11) is 0. The maximum absolute atomic E-state index is 12.4. The summed E-state index contributed by atoms with van der Waals surface area (Å²) in [6.45, 7) is 5.58. The van der Waals surface area contributed by atoms with E-state index in [1.165, 1.54) is 6.08 Å². The Bertz CT molecular complexity index is 494. The molecule has 0 radical (unpaired) electrons. The second-order valence-corrected chi connectivity index (χ2v) is 6.89. The summed E-state index contributed by atoms with van der Waals surface area (Å²) in [5.41, 5.74) is -0.885. The van der Waals surface area contributed by atoms with Crippen LogP contribution < -0.4 is 5.32 Å². The molecule has 150 valence electrons. The monoisotopic (exact) mass is 381 g/mol. The predicted octanol–water partition coefficient (Wildman–Crippen LogP) is 2.86. The van der Waals surface area contributed by atoms with E-state index in [2.05, 4.69) is 0 Å². The lowest BCUT2D eigenvalue weighted by molar-refractivity contribution is -0.177. The van der Waals surface area contributed by atoms with Crippen molar-refractivity contribution >= 4 is 11.9 Å². The normalized spacial score (nSPS) is 20.0. The number of hydrogen-bond acceptors (Lipinski definition) is 5. The van der Waals surface area contributed by atoms with E-state index in [1.54, 1.807) is 32.2 Å². The first-order chi connectivity index (χ1) is 12.0. The molecular weight excluding hydrogens is 355 g/mol. The SMILES string of the molecule is CC(C)(C)OC(=O)C(C/C=C\COC1CCCCO1)NC(=O)C(F)(F)F. The number of halogens is 3. The Morgan fingerprint density at radius 3 is 2.46 bits per heavy atom. The fraction of sp³-hybridized carbons (Fsp3) is 0.765. The van der Waals surface area contributed by atoms with Gasteiger partial charge in [-0.1, -0.05) is 12.2 Å². The molecule has 9 heteroatoms. The molecule has 6 nitrogen and oxygen atoms in total. The molecule has 1 heterocycles. The second-order valence-electron chi connectivity index (χ2n) is 6.89. The van der Waals surface area contributed by atoms with E-state index in [-0.39, 0.29) is 19.3 Å². The Morgan fingerprint density at radius 2 is 1.92 bits per heavy atom. The minimum atomic E-state index is -5.08. The van der Waals surface area contributed by atoms with Gasteiger partial charge in [-0.25, -0.2) is 4.79 Å². The fourth-order valence-corrected chi connectivity index (χ4v) is 2.13. The number of carbonyl (C=O) groups excluding carboxylic acids is 2. The summed E-state index contributed by atoms with van der Waals surface area (Å²) in [5, 5.41) is 1.66. The molecule has 1 rings (SSSR count). The molecule has 26 heavy (non-hydrogen) atoms. The lowest BCUT2D eigenvalue weighted by atomic mass is 10.1. The van der Waals surface area contributed by atoms with Gasteiger partial charge in [0, 0.05) is 6.61 Å². The number of alkyl halides is 3. The van der Waals surface area contributed by atoms with E-state index in [0.29, 0.717) is 6.61 Å². The Balaban J connectivity index is 2.55. The Labute approximate surface area is 151 Å². The van der Waals surface area contributed by atoms with E-state index in [1.807, 2.05) is 0 Å². The highest BCUT2D eigenvalue weighted by molar-refractivity contribution is 5.87. The van der Waals surface area contributed by atoms with Crippen molar-refractivity contribution in [2.45, 2.75) is 70.6 Å². The number of esters is 1. The molecule has 1 N–H and O–H groups in total. The van der Waals surface area contributed by atoms with Crippen molar-refractivity contribution in [2.75, 3.05) is 13.2 Å². The third-order valence-electron chi connectivity index (χ3n) is 3.31. The summed E-state index contributed by atoms with van der Waals surface area (Å²) in [5.74, 6) is -3.12. The first-order valence-electron chi connectivity index (χ1n) is 8.48. The topological polar surface area (TPSA) is 73.9 Å². The Kier molecular flexibility index (Phi) is 8.55. The maximum atomic E-state index is 12.4. The van der Waals surface area contributed by atoms with Gasteiger partial charge in [-0.2, -0.15) is 13.2 Å². The molecule has 1 amide bonds. The van der Waals surface area contributed by atoms with Gasteiger partial charge in [0.15, 0.2) is 6.29 Å². The van der Waals surface area contributed by atoms with Crippen molar-refractivity contribution in [3.63, 3.8) is 0 Å². The largest absolute Gasteiger partial charge is 0.471 e. The van der Waals surface area contributed by atoms with Crippen molar-refractivity contribution in [3.05, 3.63) is 12.2 Å². The van der Waals surface area contributed by atoms with E-state index < -0.39 is 29.7 Å². The van der Waals surface area contributed by atoms with E-state index in [4.69, 9.17) is 14.2 Å². The molecular formula is C17H26F3NO5. The van der Waals surface area contributed by atoms with Crippen molar-refractivity contribution in [1.82, 2.24) is 5.32 Å². The van der Waals surface area contributed by atoms with Crippen LogP contribution in [0.4, 0.5) is 13.2 Å². The second kappa shape index (κ2) is 9.91. The van der Waals surface area contributed by atoms with Gasteiger partial charge in [-0.3, -0.25) is 4.79 Å². The first kappa shape index (κ1) is 22.4. The zero-order valence-corrected chi connectivity index (χ0v) is 15.2. The standard InChI is InChI=1S/C17H26F3NO5/c1-16(2,3)26-14(22)12(21-15(23)17(18,19)20)8-4-6-10-24-13-9-5-7-11-25-13/h4,6,12-13H,5,7-11H2,1-3H3,(H,21,23)/b6-4-. The average molecular weight is 381 g/mol. The molecule has 1 aliphatic rings. The molecule has 0 saturated carbocycles. The summed E-state index contributed by atoms with van der Waals surface area (Å²) in [6, 6.07) is -1.44. The molecule has 2 atom stereocenters. The van der Waals surface area contributed by atoms with Gasteiger partial charge >= 0.3 is 18.1 Å². The lowest BCUT2D eigenvalue weighted by Crippen LogP contribution is -2.48.